The Hall–Kier alpha value is -0.690. The van der Waals surface area contributed by atoms with E-state index in [-0.39, 0.29) is 17.1 Å². The third-order valence-corrected chi connectivity index (χ3v) is 3.31. The molecule has 0 aromatic heterocycles. The van der Waals surface area contributed by atoms with Gasteiger partial charge in [0.05, 0.1) is 6.07 Å². The van der Waals surface area contributed by atoms with Crippen LogP contribution < -0.4 is 0 Å². The van der Waals surface area contributed by atoms with Crippen molar-refractivity contribution in [1.82, 2.24) is 4.90 Å². The second-order valence-electron chi connectivity index (χ2n) is 3.76. The molecule has 1 heterocycles. The Balaban J connectivity index is 2.53. The van der Waals surface area contributed by atoms with Crippen LogP contribution in [-0.2, 0) is 4.79 Å². The monoisotopic (exact) mass is 198 g/mol. The lowest BCUT2D eigenvalue weighted by Gasteiger charge is -2.37. The molecule has 1 saturated heterocycles. The molecule has 1 aliphatic rings. The van der Waals surface area contributed by atoms with Crippen LogP contribution in [-0.4, -0.2) is 34.4 Å². The van der Waals surface area contributed by atoms with Gasteiger partial charge in [0.2, 0.25) is 5.91 Å². The first-order valence-corrected chi connectivity index (χ1v) is 5.32. The zero-order chi connectivity index (χ0) is 9.90. The van der Waals surface area contributed by atoms with Gasteiger partial charge in [0.15, 0.2) is 0 Å². The quantitative estimate of drug-likeness (QED) is 0.637. The summed E-state index contributed by atoms with van der Waals surface area (Å²) in [6.07, 6.45) is 0.0146. The van der Waals surface area contributed by atoms with E-state index in [2.05, 4.69) is 13.8 Å². The standard InChI is InChI=1S/C9H14N2OS/c1-9(2)7-11(5-6-13-9)8(12)3-4-10/h3,5-7H2,1-2H3. The van der Waals surface area contributed by atoms with Crippen molar-refractivity contribution in [3.05, 3.63) is 0 Å². The third-order valence-electron chi connectivity index (χ3n) is 2.01. The van der Waals surface area contributed by atoms with Crippen LogP contribution >= 0.6 is 11.8 Å². The molecule has 0 unspecified atom stereocenters. The summed E-state index contributed by atoms with van der Waals surface area (Å²) in [5, 5.41) is 8.39. The Morgan fingerprint density at radius 3 is 2.92 bits per heavy atom. The average Bonchev–Trinajstić information content (AvgIpc) is 2.03. The number of carbonyl (C=O) groups is 1. The molecule has 13 heavy (non-hydrogen) atoms. The van der Waals surface area contributed by atoms with Crippen LogP contribution in [0.5, 0.6) is 0 Å². The highest BCUT2D eigenvalue weighted by Crippen LogP contribution is 2.29. The van der Waals surface area contributed by atoms with Gasteiger partial charge in [-0.1, -0.05) is 0 Å². The zero-order valence-electron chi connectivity index (χ0n) is 8.04. The van der Waals surface area contributed by atoms with E-state index < -0.39 is 0 Å². The number of carbonyl (C=O) groups excluding carboxylic acids is 1. The first kappa shape index (κ1) is 10.4. The van der Waals surface area contributed by atoms with E-state index in [0.29, 0.717) is 0 Å². The first-order valence-electron chi connectivity index (χ1n) is 4.34. The molecular formula is C9H14N2OS. The van der Waals surface area contributed by atoms with E-state index in [9.17, 15) is 4.79 Å². The molecule has 3 nitrogen and oxygen atoms in total. The number of amides is 1. The highest BCUT2D eigenvalue weighted by Gasteiger charge is 2.29. The van der Waals surface area contributed by atoms with Crippen molar-refractivity contribution >= 4 is 17.7 Å². The molecule has 1 aliphatic heterocycles. The molecule has 0 bridgehead atoms. The summed E-state index contributed by atoms with van der Waals surface area (Å²) in [7, 11) is 0. The summed E-state index contributed by atoms with van der Waals surface area (Å²) in [5.41, 5.74) is 0. The maximum Gasteiger partial charge on any atom is 0.236 e. The summed E-state index contributed by atoms with van der Waals surface area (Å²) >= 11 is 1.88. The molecule has 0 saturated carbocycles. The molecule has 1 fully saturated rings. The van der Waals surface area contributed by atoms with Gasteiger partial charge in [-0.3, -0.25) is 4.79 Å². The van der Waals surface area contributed by atoms with Crippen molar-refractivity contribution in [2.24, 2.45) is 0 Å². The number of nitriles is 1. The summed E-state index contributed by atoms with van der Waals surface area (Å²) in [6.45, 7) is 5.81. The largest absolute Gasteiger partial charge is 0.340 e. The van der Waals surface area contributed by atoms with E-state index in [1.807, 2.05) is 17.8 Å². The van der Waals surface area contributed by atoms with Crippen molar-refractivity contribution in [2.45, 2.75) is 25.0 Å². The minimum absolute atomic E-state index is 0.0146. The highest BCUT2D eigenvalue weighted by molar-refractivity contribution is 8.00. The van der Waals surface area contributed by atoms with Gasteiger partial charge < -0.3 is 4.90 Å². The van der Waals surface area contributed by atoms with Gasteiger partial charge in [-0.25, -0.2) is 0 Å². The van der Waals surface area contributed by atoms with Gasteiger partial charge in [-0.2, -0.15) is 17.0 Å². The molecule has 0 radical (unpaired) electrons. The van der Waals surface area contributed by atoms with Crippen molar-refractivity contribution in [3.63, 3.8) is 0 Å². The lowest BCUT2D eigenvalue weighted by atomic mass is 10.2. The molecule has 4 heteroatoms. The maximum atomic E-state index is 11.4. The molecule has 0 N–H and O–H groups in total. The number of hydrogen-bond donors (Lipinski definition) is 0. The highest BCUT2D eigenvalue weighted by atomic mass is 32.2. The minimum atomic E-state index is -0.0316. The van der Waals surface area contributed by atoms with E-state index in [1.165, 1.54) is 0 Å². The summed E-state index contributed by atoms with van der Waals surface area (Å²) in [5.74, 6) is 0.945. The Morgan fingerprint density at radius 2 is 2.38 bits per heavy atom. The fourth-order valence-electron chi connectivity index (χ4n) is 1.41. The lowest BCUT2D eigenvalue weighted by molar-refractivity contribution is -0.130. The summed E-state index contributed by atoms with van der Waals surface area (Å²) < 4.78 is 0.142. The van der Waals surface area contributed by atoms with Crippen LogP contribution in [0.3, 0.4) is 0 Å². The molecule has 1 amide bonds. The fraction of sp³-hybridized carbons (Fsp3) is 0.778. The molecule has 0 aliphatic carbocycles. The predicted octanol–water partition coefficient (Wildman–Crippen LogP) is 1.25. The van der Waals surface area contributed by atoms with Crippen LogP contribution in [0.15, 0.2) is 0 Å². The van der Waals surface area contributed by atoms with Crippen molar-refractivity contribution in [3.8, 4) is 6.07 Å². The van der Waals surface area contributed by atoms with Crippen LogP contribution in [0.1, 0.15) is 20.3 Å². The maximum absolute atomic E-state index is 11.4. The third kappa shape index (κ3) is 2.92. The number of nitrogens with zero attached hydrogens (tertiary/aromatic N) is 2. The number of hydrogen-bond acceptors (Lipinski definition) is 3. The van der Waals surface area contributed by atoms with E-state index in [1.54, 1.807) is 4.90 Å². The van der Waals surface area contributed by atoms with E-state index >= 15 is 0 Å². The first-order chi connectivity index (χ1) is 6.05. The Morgan fingerprint density at radius 1 is 1.69 bits per heavy atom. The molecule has 0 aromatic carbocycles. The van der Waals surface area contributed by atoms with Crippen LogP contribution in [0.4, 0.5) is 0 Å². The Kier molecular flexibility index (Phi) is 3.21. The SMILES string of the molecule is CC1(C)CN(C(=O)CC#N)CCS1. The zero-order valence-corrected chi connectivity index (χ0v) is 8.86. The minimum Gasteiger partial charge on any atom is -0.340 e. The van der Waals surface area contributed by atoms with E-state index in [4.69, 9.17) is 5.26 Å². The van der Waals surface area contributed by atoms with Gasteiger partial charge in [-0.15, -0.1) is 0 Å². The van der Waals surface area contributed by atoms with Gasteiger partial charge in [0.25, 0.3) is 0 Å². The normalized spacial score (nSPS) is 20.8. The van der Waals surface area contributed by atoms with Gasteiger partial charge in [-0.05, 0) is 13.8 Å². The summed E-state index contributed by atoms with van der Waals surface area (Å²) in [6, 6.07) is 1.89. The van der Waals surface area contributed by atoms with Crippen LogP contribution in [0, 0.1) is 11.3 Å². The Bertz CT molecular complexity index is 244. The van der Waals surface area contributed by atoms with E-state index in [0.717, 1.165) is 18.8 Å². The molecule has 0 spiro atoms. The smallest absolute Gasteiger partial charge is 0.236 e. The molecule has 72 valence electrons. The number of rotatable bonds is 1. The van der Waals surface area contributed by atoms with Gasteiger partial charge >= 0.3 is 0 Å². The summed E-state index contributed by atoms with van der Waals surface area (Å²) in [4.78, 5) is 13.2. The second-order valence-corrected chi connectivity index (χ2v) is 5.56. The van der Waals surface area contributed by atoms with Gasteiger partial charge in [0, 0.05) is 23.6 Å². The second kappa shape index (κ2) is 4.01. The number of thioether (sulfide) groups is 1. The van der Waals surface area contributed by atoms with Crippen LogP contribution in [0.2, 0.25) is 0 Å². The Labute approximate surface area is 83.1 Å². The fourth-order valence-corrected chi connectivity index (χ4v) is 2.52. The molecule has 0 aromatic rings. The molecule has 0 atom stereocenters. The topological polar surface area (TPSA) is 44.1 Å². The van der Waals surface area contributed by atoms with Gasteiger partial charge in [0.1, 0.15) is 6.42 Å². The molecular weight excluding hydrogens is 184 g/mol. The van der Waals surface area contributed by atoms with Crippen molar-refractivity contribution in [1.29, 1.82) is 5.26 Å². The average molecular weight is 198 g/mol. The van der Waals surface area contributed by atoms with Crippen molar-refractivity contribution in [2.75, 3.05) is 18.8 Å². The van der Waals surface area contributed by atoms with Crippen LogP contribution in [0.25, 0.3) is 0 Å². The lowest BCUT2D eigenvalue weighted by Crippen LogP contribution is -2.46. The predicted molar refractivity (Wildman–Crippen MR) is 53.3 cm³/mol. The molecule has 1 rings (SSSR count). The van der Waals surface area contributed by atoms with Crippen molar-refractivity contribution < 1.29 is 4.79 Å².